The molecule has 0 aliphatic carbocycles. The zero-order valence-electron chi connectivity index (χ0n) is 12.1. The number of nitriles is 1. The summed E-state index contributed by atoms with van der Waals surface area (Å²) in [7, 11) is 0. The summed E-state index contributed by atoms with van der Waals surface area (Å²) in [4.78, 5) is 12.3. The van der Waals surface area contributed by atoms with E-state index in [1.807, 2.05) is 6.26 Å². The number of nitro benzene ring substituents is 1. The molecule has 0 spiro atoms. The van der Waals surface area contributed by atoms with Gasteiger partial charge in [-0.05, 0) is 31.2 Å². The summed E-state index contributed by atoms with van der Waals surface area (Å²) in [6.45, 7) is 1.85. The van der Waals surface area contributed by atoms with Crippen molar-refractivity contribution in [1.29, 1.82) is 5.26 Å². The van der Waals surface area contributed by atoms with Gasteiger partial charge in [0.1, 0.15) is 11.1 Å². The van der Waals surface area contributed by atoms with Crippen molar-refractivity contribution in [3.63, 3.8) is 0 Å². The Morgan fingerprint density at radius 3 is 2.50 bits per heavy atom. The summed E-state index contributed by atoms with van der Waals surface area (Å²) >= 11 is 1.48. The minimum absolute atomic E-state index is 0.00290. The lowest BCUT2D eigenvalue weighted by Crippen LogP contribution is -2.17. The first-order chi connectivity index (χ1) is 10.7. The Hall–Kier alpha value is -2.40. The summed E-state index contributed by atoms with van der Waals surface area (Å²) in [6.07, 6.45) is 4.14. The van der Waals surface area contributed by atoms with Gasteiger partial charge < -0.3 is 4.90 Å². The average molecular weight is 317 g/mol. The van der Waals surface area contributed by atoms with Gasteiger partial charge in [0.2, 0.25) is 0 Å². The van der Waals surface area contributed by atoms with E-state index in [-0.39, 0.29) is 11.4 Å². The van der Waals surface area contributed by atoms with Gasteiger partial charge in [0.05, 0.1) is 10.6 Å². The molecule has 0 atom stereocenters. The zero-order valence-corrected chi connectivity index (χ0v) is 12.9. The van der Waals surface area contributed by atoms with Crippen molar-refractivity contribution in [2.75, 3.05) is 19.3 Å². The first-order valence-corrected chi connectivity index (χ1v) is 7.97. The molecule has 114 valence electrons. The van der Waals surface area contributed by atoms with E-state index in [0.29, 0.717) is 5.69 Å². The fraction of sp³-hybridized carbons (Fsp3) is 0.357. The Bertz CT molecular complexity index is 642. The number of nitro groups is 1. The lowest BCUT2D eigenvalue weighted by molar-refractivity contribution is -0.384. The summed E-state index contributed by atoms with van der Waals surface area (Å²) in [6, 6.07) is 7.81. The van der Waals surface area contributed by atoms with Crippen molar-refractivity contribution >= 4 is 23.1 Å². The Balaban J connectivity index is 2.21. The number of azo groups is 1. The van der Waals surface area contributed by atoms with Gasteiger partial charge in [-0.3, -0.25) is 10.1 Å². The van der Waals surface area contributed by atoms with Crippen LogP contribution in [-0.2, 0) is 0 Å². The van der Waals surface area contributed by atoms with Gasteiger partial charge in [0.25, 0.3) is 5.69 Å². The minimum Gasteiger partial charge on any atom is -0.364 e. The third-order valence-electron chi connectivity index (χ3n) is 3.22. The summed E-state index contributed by atoms with van der Waals surface area (Å²) < 4.78 is 0. The monoisotopic (exact) mass is 317 g/mol. The number of non-ortho nitro benzene ring substituents is 1. The molecular weight excluding hydrogens is 302 g/mol. The first-order valence-electron chi connectivity index (χ1n) is 6.75. The quantitative estimate of drug-likeness (QED) is 0.356. The first kappa shape index (κ1) is 16.0. The highest BCUT2D eigenvalue weighted by atomic mass is 32.2. The van der Waals surface area contributed by atoms with Crippen molar-refractivity contribution in [1.82, 2.24) is 4.90 Å². The van der Waals surface area contributed by atoms with Crippen LogP contribution in [0.4, 0.5) is 11.4 Å². The third kappa shape index (κ3) is 3.83. The van der Waals surface area contributed by atoms with Gasteiger partial charge in [-0.2, -0.15) is 5.26 Å². The molecule has 7 nitrogen and oxygen atoms in total. The fourth-order valence-electron chi connectivity index (χ4n) is 2.16. The molecule has 1 aliphatic heterocycles. The maximum absolute atomic E-state index is 10.6. The molecule has 0 saturated carbocycles. The summed E-state index contributed by atoms with van der Waals surface area (Å²) in [5.74, 6) is 0. The third-order valence-corrected chi connectivity index (χ3v) is 4.06. The van der Waals surface area contributed by atoms with Crippen molar-refractivity contribution in [2.45, 2.75) is 12.8 Å². The predicted octanol–water partition coefficient (Wildman–Crippen LogP) is 3.83. The number of nitrogens with zero attached hydrogens (tertiary/aromatic N) is 5. The molecule has 0 bridgehead atoms. The number of likely N-dealkylation sites (tertiary alicyclic amines) is 1. The lowest BCUT2D eigenvalue weighted by Gasteiger charge is -2.19. The molecule has 1 aromatic carbocycles. The molecule has 1 heterocycles. The molecule has 1 saturated heterocycles. The van der Waals surface area contributed by atoms with Crippen LogP contribution in [0.5, 0.6) is 0 Å². The second-order valence-electron chi connectivity index (χ2n) is 4.64. The highest BCUT2D eigenvalue weighted by Crippen LogP contribution is 2.27. The van der Waals surface area contributed by atoms with E-state index in [4.69, 9.17) is 0 Å². The number of benzene rings is 1. The van der Waals surface area contributed by atoms with Crippen LogP contribution in [0.25, 0.3) is 0 Å². The van der Waals surface area contributed by atoms with Crippen LogP contribution in [-0.4, -0.2) is 29.2 Å². The Morgan fingerprint density at radius 1 is 1.36 bits per heavy atom. The highest BCUT2D eigenvalue weighted by Gasteiger charge is 2.18. The topological polar surface area (TPSA) is 94.9 Å². The largest absolute Gasteiger partial charge is 0.364 e. The molecule has 0 aromatic heterocycles. The number of allylic oxidation sites excluding steroid dienone is 1. The number of hydrogen-bond donors (Lipinski definition) is 0. The molecule has 8 heteroatoms. The van der Waals surface area contributed by atoms with Crippen LogP contribution in [0.3, 0.4) is 0 Å². The lowest BCUT2D eigenvalue weighted by atomic mass is 10.3. The normalized spacial score (nSPS) is 15.7. The van der Waals surface area contributed by atoms with Crippen LogP contribution >= 0.6 is 11.8 Å². The van der Waals surface area contributed by atoms with Gasteiger partial charge >= 0.3 is 0 Å². The van der Waals surface area contributed by atoms with Gasteiger partial charge in [0, 0.05) is 25.2 Å². The van der Waals surface area contributed by atoms with Crippen molar-refractivity contribution in [3.8, 4) is 6.07 Å². The minimum atomic E-state index is -0.471. The van der Waals surface area contributed by atoms with Crippen LogP contribution < -0.4 is 0 Å². The predicted molar refractivity (Wildman–Crippen MR) is 84.6 cm³/mol. The van der Waals surface area contributed by atoms with Crippen LogP contribution in [0, 0.1) is 21.4 Å². The number of rotatable bonds is 5. The van der Waals surface area contributed by atoms with Gasteiger partial charge in [-0.15, -0.1) is 22.0 Å². The molecule has 1 fully saturated rings. The van der Waals surface area contributed by atoms with Crippen molar-refractivity contribution < 1.29 is 4.92 Å². The Kier molecular flexibility index (Phi) is 5.49. The van der Waals surface area contributed by atoms with E-state index >= 15 is 0 Å². The van der Waals surface area contributed by atoms with E-state index in [1.54, 1.807) is 0 Å². The second-order valence-corrected chi connectivity index (χ2v) is 5.43. The van der Waals surface area contributed by atoms with Crippen LogP contribution in [0.2, 0.25) is 0 Å². The summed E-state index contributed by atoms with van der Waals surface area (Å²) in [5.41, 5.74) is 0.741. The van der Waals surface area contributed by atoms with Crippen molar-refractivity contribution in [2.24, 2.45) is 10.2 Å². The number of hydrogen-bond acceptors (Lipinski definition) is 7. The van der Waals surface area contributed by atoms with E-state index in [9.17, 15) is 15.4 Å². The van der Waals surface area contributed by atoms with Crippen molar-refractivity contribution in [3.05, 3.63) is 45.1 Å². The standard InChI is InChI=1S/C14H15N5O2S/c1-22-14(18-8-2-3-9-18)13(10-15)17-16-11-4-6-12(7-5-11)19(20)21/h4-7H,2-3,8-9H2,1H3/b14-13-,17-16?. The molecule has 0 unspecified atom stereocenters. The van der Waals surface area contributed by atoms with E-state index < -0.39 is 4.92 Å². The molecule has 1 aromatic rings. The Labute approximate surface area is 132 Å². The molecule has 22 heavy (non-hydrogen) atoms. The molecule has 0 radical (unpaired) electrons. The second kappa shape index (κ2) is 7.56. The maximum Gasteiger partial charge on any atom is 0.269 e. The van der Waals surface area contributed by atoms with Crippen LogP contribution in [0.1, 0.15) is 12.8 Å². The molecule has 0 amide bonds. The number of thioether (sulfide) groups is 1. The molecular formula is C14H15N5O2S. The average Bonchev–Trinajstić information content (AvgIpc) is 3.05. The molecule has 1 aliphatic rings. The summed E-state index contributed by atoms with van der Waals surface area (Å²) in [5, 5.41) is 28.7. The maximum atomic E-state index is 10.6. The molecule has 0 N–H and O–H groups in total. The highest BCUT2D eigenvalue weighted by molar-refractivity contribution is 8.02. The fourth-order valence-corrected chi connectivity index (χ4v) is 2.88. The van der Waals surface area contributed by atoms with E-state index in [1.165, 1.54) is 36.0 Å². The Morgan fingerprint density at radius 2 is 2.00 bits per heavy atom. The van der Waals surface area contributed by atoms with E-state index in [0.717, 1.165) is 31.0 Å². The molecule has 2 rings (SSSR count). The van der Waals surface area contributed by atoms with Crippen LogP contribution in [0.15, 0.2) is 45.2 Å². The smallest absolute Gasteiger partial charge is 0.269 e. The zero-order chi connectivity index (χ0) is 15.9. The van der Waals surface area contributed by atoms with Gasteiger partial charge in [-0.1, -0.05) is 0 Å². The van der Waals surface area contributed by atoms with E-state index in [2.05, 4.69) is 21.2 Å². The van der Waals surface area contributed by atoms with Gasteiger partial charge in [0.15, 0.2) is 5.70 Å². The van der Waals surface area contributed by atoms with Gasteiger partial charge in [-0.25, -0.2) is 0 Å². The SMILES string of the molecule is CS/C(=C(/C#N)N=Nc1ccc([N+](=O)[O-])cc1)N1CCCC1.